The molecule has 1 atom stereocenters. The van der Waals surface area contributed by atoms with Gasteiger partial charge in [0.2, 0.25) is 6.54 Å². The molecule has 5 heteroatoms. The van der Waals surface area contributed by atoms with Crippen LogP contribution in [0.1, 0.15) is 37.0 Å². The predicted octanol–water partition coefficient (Wildman–Crippen LogP) is 0.378. The minimum Gasteiger partial charge on any atom is -0.365 e. The fourth-order valence-corrected chi connectivity index (χ4v) is 1.76. The molecule has 2 amide bonds. The highest BCUT2D eigenvalue weighted by molar-refractivity contribution is 5.92. The molecule has 0 saturated heterocycles. The lowest BCUT2D eigenvalue weighted by atomic mass is 10.2. The molecule has 0 fully saturated rings. The van der Waals surface area contributed by atoms with Gasteiger partial charge in [0.25, 0.3) is 11.8 Å². The summed E-state index contributed by atoms with van der Waals surface area (Å²) >= 11 is 0. The molecule has 0 saturated carbocycles. The summed E-state index contributed by atoms with van der Waals surface area (Å²) in [5.74, 6) is -0.563. The average molecular weight is 250 g/mol. The van der Waals surface area contributed by atoms with E-state index in [9.17, 15) is 9.59 Å². The lowest BCUT2D eigenvalue weighted by Crippen LogP contribution is -2.45. The molecule has 0 aliphatic carbocycles. The molecule has 18 heavy (non-hydrogen) atoms. The quantitative estimate of drug-likeness (QED) is 0.716. The van der Waals surface area contributed by atoms with Gasteiger partial charge < -0.3 is 11.1 Å². The summed E-state index contributed by atoms with van der Waals surface area (Å²) in [6.07, 6.45) is 5.30. The molecule has 5 nitrogen and oxygen atoms in total. The maximum absolute atomic E-state index is 11.7. The van der Waals surface area contributed by atoms with Crippen LogP contribution < -0.4 is 15.6 Å². The SMILES string of the molecule is CCC[C@H](C)NC(=O)C[n+]1cccc(C(N)=O)c1. The average Bonchev–Trinajstić information content (AvgIpc) is 2.29. The Morgan fingerprint density at radius 1 is 1.50 bits per heavy atom. The van der Waals surface area contributed by atoms with Gasteiger partial charge in [-0.15, -0.1) is 0 Å². The first-order valence-electron chi connectivity index (χ1n) is 6.11. The Morgan fingerprint density at radius 2 is 2.22 bits per heavy atom. The standard InChI is InChI=1S/C13H19N3O2/c1-3-5-10(2)15-12(17)9-16-7-4-6-11(8-16)13(14)18/h4,6-8,10H,3,5,9H2,1-2H3,(H2-,14,15,17,18)/p+1/t10-/m0/s1. The van der Waals surface area contributed by atoms with Crippen LogP contribution in [0.3, 0.4) is 0 Å². The third-order valence-electron chi connectivity index (χ3n) is 2.60. The number of carbonyl (C=O) groups excluding carboxylic acids is 2. The smallest absolute Gasteiger partial charge is 0.286 e. The minimum absolute atomic E-state index is 0.0671. The largest absolute Gasteiger partial charge is 0.365 e. The van der Waals surface area contributed by atoms with E-state index in [1.165, 1.54) is 0 Å². The maximum atomic E-state index is 11.7. The zero-order chi connectivity index (χ0) is 13.5. The van der Waals surface area contributed by atoms with Crippen molar-refractivity contribution in [1.82, 2.24) is 5.32 Å². The summed E-state index contributed by atoms with van der Waals surface area (Å²) < 4.78 is 1.65. The molecule has 0 aromatic carbocycles. The molecule has 1 aromatic heterocycles. The Labute approximate surface area is 107 Å². The number of aromatic nitrogens is 1. The van der Waals surface area contributed by atoms with Crippen molar-refractivity contribution in [3.05, 3.63) is 30.1 Å². The molecule has 3 N–H and O–H groups in total. The van der Waals surface area contributed by atoms with Crippen LogP contribution in [0.4, 0.5) is 0 Å². The Balaban J connectivity index is 2.59. The number of rotatable bonds is 6. The first kappa shape index (κ1) is 14.2. The van der Waals surface area contributed by atoms with E-state index in [1.54, 1.807) is 29.1 Å². The first-order valence-corrected chi connectivity index (χ1v) is 6.11. The number of nitrogens with zero attached hydrogens (tertiary/aromatic N) is 1. The van der Waals surface area contributed by atoms with Crippen molar-refractivity contribution < 1.29 is 14.2 Å². The normalized spacial score (nSPS) is 11.9. The minimum atomic E-state index is -0.496. The molecule has 1 aromatic rings. The highest BCUT2D eigenvalue weighted by Gasteiger charge is 2.13. The van der Waals surface area contributed by atoms with Crippen molar-refractivity contribution in [3.8, 4) is 0 Å². The Hall–Kier alpha value is -1.91. The molecular weight excluding hydrogens is 230 g/mol. The first-order chi connectivity index (χ1) is 8.52. The van der Waals surface area contributed by atoms with E-state index in [1.807, 2.05) is 6.92 Å². The van der Waals surface area contributed by atoms with E-state index < -0.39 is 5.91 Å². The van der Waals surface area contributed by atoms with Gasteiger partial charge in [-0.05, 0) is 19.4 Å². The van der Waals surface area contributed by atoms with Gasteiger partial charge in [-0.3, -0.25) is 9.59 Å². The van der Waals surface area contributed by atoms with Gasteiger partial charge in [0.05, 0.1) is 0 Å². The van der Waals surface area contributed by atoms with Crippen LogP contribution in [-0.2, 0) is 11.3 Å². The topological polar surface area (TPSA) is 76.1 Å². The van der Waals surface area contributed by atoms with E-state index in [0.717, 1.165) is 12.8 Å². The summed E-state index contributed by atoms with van der Waals surface area (Å²) in [5.41, 5.74) is 5.58. The fraction of sp³-hybridized carbons (Fsp3) is 0.462. The summed E-state index contributed by atoms with van der Waals surface area (Å²) in [6.45, 7) is 4.24. The van der Waals surface area contributed by atoms with Gasteiger partial charge in [0, 0.05) is 12.1 Å². The van der Waals surface area contributed by atoms with Crippen molar-refractivity contribution in [2.75, 3.05) is 0 Å². The summed E-state index contributed by atoms with van der Waals surface area (Å²) in [5, 5.41) is 2.90. The number of nitrogens with two attached hydrogens (primary N) is 1. The third-order valence-corrected chi connectivity index (χ3v) is 2.60. The lowest BCUT2D eigenvalue weighted by molar-refractivity contribution is -0.684. The van der Waals surface area contributed by atoms with E-state index in [-0.39, 0.29) is 18.5 Å². The number of hydrogen-bond acceptors (Lipinski definition) is 2. The van der Waals surface area contributed by atoms with Gasteiger partial charge in [-0.25, -0.2) is 0 Å². The third kappa shape index (κ3) is 4.53. The van der Waals surface area contributed by atoms with E-state index in [2.05, 4.69) is 12.2 Å². The zero-order valence-corrected chi connectivity index (χ0v) is 10.8. The van der Waals surface area contributed by atoms with Crippen molar-refractivity contribution >= 4 is 11.8 Å². The van der Waals surface area contributed by atoms with Crippen LogP contribution in [-0.4, -0.2) is 17.9 Å². The van der Waals surface area contributed by atoms with E-state index >= 15 is 0 Å². The van der Waals surface area contributed by atoms with Crippen LogP contribution in [0.5, 0.6) is 0 Å². The van der Waals surface area contributed by atoms with Gasteiger partial charge in [0.1, 0.15) is 5.56 Å². The van der Waals surface area contributed by atoms with Crippen LogP contribution in [0, 0.1) is 0 Å². The Morgan fingerprint density at radius 3 is 2.83 bits per heavy atom. The number of pyridine rings is 1. The molecule has 0 radical (unpaired) electrons. The molecule has 0 unspecified atom stereocenters. The number of amides is 2. The lowest BCUT2D eigenvalue weighted by Gasteiger charge is -2.10. The van der Waals surface area contributed by atoms with Crippen LogP contribution in [0.2, 0.25) is 0 Å². The number of hydrogen-bond donors (Lipinski definition) is 2. The number of carbonyl (C=O) groups is 2. The van der Waals surface area contributed by atoms with Gasteiger partial charge >= 0.3 is 0 Å². The van der Waals surface area contributed by atoms with Gasteiger partial charge in [-0.2, -0.15) is 4.57 Å². The van der Waals surface area contributed by atoms with Crippen molar-refractivity contribution in [1.29, 1.82) is 0 Å². The molecular formula is C13H20N3O2+. The van der Waals surface area contributed by atoms with E-state index in [4.69, 9.17) is 5.73 Å². The maximum Gasteiger partial charge on any atom is 0.286 e. The summed E-state index contributed by atoms with van der Waals surface area (Å²) in [7, 11) is 0. The molecule has 98 valence electrons. The van der Waals surface area contributed by atoms with Crippen LogP contribution in [0.15, 0.2) is 24.5 Å². The Kier molecular flexibility index (Phi) is 5.30. The zero-order valence-electron chi connectivity index (χ0n) is 10.8. The predicted molar refractivity (Wildman–Crippen MR) is 67.7 cm³/mol. The number of primary amides is 1. The van der Waals surface area contributed by atoms with Gasteiger partial charge in [-0.1, -0.05) is 13.3 Å². The van der Waals surface area contributed by atoms with E-state index in [0.29, 0.717) is 5.56 Å². The molecule has 0 bridgehead atoms. The van der Waals surface area contributed by atoms with Gasteiger partial charge in [0.15, 0.2) is 12.4 Å². The van der Waals surface area contributed by atoms with Crippen molar-refractivity contribution in [2.45, 2.75) is 39.3 Å². The highest BCUT2D eigenvalue weighted by atomic mass is 16.2. The molecule has 1 rings (SSSR count). The molecule has 0 aliphatic rings. The Bertz CT molecular complexity index is 432. The van der Waals surface area contributed by atoms with Crippen molar-refractivity contribution in [2.24, 2.45) is 5.73 Å². The van der Waals surface area contributed by atoms with Crippen LogP contribution >= 0.6 is 0 Å². The van der Waals surface area contributed by atoms with Crippen LogP contribution in [0.25, 0.3) is 0 Å². The summed E-state index contributed by atoms with van der Waals surface area (Å²) in [4.78, 5) is 22.7. The second-order valence-corrected chi connectivity index (χ2v) is 4.39. The summed E-state index contributed by atoms with van der Waals surface area (Å²) in [6, 6.07) is 3.49. The van der Waals surface area contributed by atoms with Crippen molar-refractivity contribution in [3.63, 3.8) is 0 Å². The molecule has 0 spiro atoms. The highest BCUT2D eigenvalue weighted by Crippen LogP contribution is 1.95. The fourth-order valence-electron chi connectivity index (χ4n) is 1.76. The number of nitrogens with one attached hydrogen (secondary N) is 1. The molecule has 0 aliphatic heterocycles. The second-order valence-electron chi connectivity index (χ2n) is 4.39. The second kappa shape index (κ2) is 6.74. The molecule has 1 heterocycles. The monoisotopic (exact) mass is 250 g/mol.